The topological polar surface area (TPSA) is 59.0 Å². The largest absolute Gasteiger partial charge is 0.481 e. The molecule has 1 heterocycles. The number of aliphatic carboxylic acids is 1. The standard InChI is InChI=1S/C15H19NO4/c1-19-15(20-2)9-16(10-15)12-5-3-11(4-6-12)14(7-8-14)13(17)18/h3-6H,7-10H2,1-2H3,(H,17,18). The normalized spacial score (nSPS) is 22.2. The minimum atomic E-state index is -0.716. The van der Waals surface area contributed by atoms with E-state index in [2.05, 4.69) is 4.90 Å². The first kappa shape index (κ1) is 13.4. The summed E-state index contributed by atoms with van der Waals surface area (Å²) in [6.45, 7) is 1.37. The molecule has 5 heteroatoms. The van der Waals surface area contributed by atoms with Crippen LogP contribution in [-0.4, -0.2) is 44.2 Å². The lowest BCUT2D eigenvalue weighted by Crippen LogP contribution is -2.64. The Bertz CT molecular complexity index is 509. The van der Waals surface area contributed by atoms with Gasteiger partial charge in [-0.05, 0) is 30.5 Å². The second-order valence-electron chi connectivity index (χ2n) is 5.61. The quantitative estimate of drug-likeness (QED) is 0.829. The zero-order valence-corrected chi connectivity index (χ0v) is 11.8. The van der Waals surface area contributed by atoms with Gasteiger partial charge in [0.15, 0.2) is 0 Å². The molecular formula is C15H19NO4. The molecule has 1 aromatic carbocycles. The fourth-order valence-electron chi connectivity index (χ4n) is 2.80. The Labute approximate surface area is 118 Å². The molecule has 1 saturated heterocycles. The summed E-state index contributed by atoms with van der Waals surface area (Å²) in [6, 6.07) is 7.81. The Morgan fingerprint density at radius 3 is 2.10 bits per heavy atom. The van der Waals surface area contributed by atoms with Crippen molar-refractivity contribution < 1.29 is 19.4 Å². The van der Waals surface area contributed by atoms with Crippen LogP contribution < -0.4 is 4.90 Å². The molecular weight excluding hydrogens is 258 g/mol. The molecule has 0 aromatic heterocycles. The van der Waals surface area contributed by atoms with Crippen LogP contribution in [0.4, 0.5) is 5.69 Å². The van der Waals surface area contributed by atoms with Crippen molar-refractivity contribution >= 4 is 11.7 Å². The summed E-state index contributed by atoms with van der Waals surface area (Å²) in [4.78, 5) is 13.4. The molecule has 1 saturated carbocycles. The van der Waals surface area contributed by atoms with Crippen LogP contribution in [0, 0.1) is 0 Å². The SMILES string of the molecule is COC1(OC)CN(c2ccc(C3(C(=O)O)CC3)cc2)C1. The highest BCUT2D eigenvalue weighted by molar-refractivity contribution is 5.85. The van der Waals surface area contributed by atoms with Crippen molar-refractivity contribution in [2.24, 2.45) is 0 Å². The number of hydrogen-bond donors (Lipinski definition) is 1. The molecule has 0 bridgehead atoms. The molecule has 2 fully saturated rings. The summed E-state index contributed by atoms with van der Waals surface area (Å²) < 4.78 is 10.7. The van der Waals surface area contributed by atoms with Gasteiger partial charge in [0.25, 0.3) is 0 Å². The Balaban J connectivity index is 1.71. The summed E-state index contributed by atoms with van der Waals surface area (Å²) in [5.74, 6) is -1.22. The number of benzene rings is 1. The molecule has 108 valence electrons. The number of nitrogens with zero attached hydrogens (tertiary/aromatic N) is 1. The van der Waals surface area contributed by atoms with E-state index in [1.165, 1.54) is 0 Å². The van der Waals surface area contributed by atoms with Gasteiger partial charge in [0, 0.05) is 19.9 Å². The number of carboxylic acids is 1. The summed E-state index contributed by atoms with van der Waals surface area (Å²) in [7, 11) is 3.29. The number of methoxy groups -OCH3 is 2. The number of carboxylic acid groups (broad SMARTS) is 1. The fraction of sp³-hybridized carbons (Fsp3) is 0.533. The van der Waals surface area contributed by atoms with Crippen LogP contribution in [0.25, 0.3) is 0 Å². The predicted molar refractivity (Wildman–Crippen MR) is 74.0 cm³/mol. The summed E-state index contributed by atoms with van der Waals surface area (Å²) in [5, 5.41) is 9.28. The van der Waals surface area contributed by atoms with E-state index in [4.69, 9.17) is 9.47 Å². The fourth-order valence-corrected chi connectivity index (χ4v) is 2.80. The van der Waals surface area contributed by atoms with Crippen molar-refractivity contribution in [2.75, 3.05) is 32.2 Å². The van der Waals surface area contributed by atoms with Gasteiger partial charge in [-0.15, -0.1) is 0 Å². The number of ether oxygens (including phenoxy) is 2. The Morgan fingerprint density at radius 2 is 1.70 bits per heavy atom. The van der Waals surface area contributed by atoms with Crippen molar-refractivity contribution in [1.82, 2.24) is 0 Å². The van der Waals surface area contributed by atoms with Crippen LogP contribution in [0.15, 0.2) is 24.3 Å². The molecule has 0 spiro atoms. The van der Waals surface area contributed by atoms with Crippen LogP contribution in [0.5, 0.6) is 0 Å². The number of hydrogen-bond acceptors (Lipinski definition) is 4. The van der Waals surface area contributed by atoms with Gasteiger partial charge in [-0.3, -0.25) is 4.79 Å². The van der Waals surface area contributed by atoms with Crippen molar-refractivity contribution in [3.63, 3.8) is 0 Å². The minimum Gasteiger partial charge on any atom is -0.481 e. The maximum Gasteiger partial charge on any atom is 0.314 e. The molecule has 1 aliphatic carbocycles. The lowest BCUT2D eigenvalue weighted by atomic mass is 9.95. The monoisotopic (exact) mass is 277 g/mol. The number of anilines is 1. The molecule has 1 aliphatic heterocycles. The first-order valence-electron chi connectivity index (χ1n) is 6.74. The highest BCUT2D eigenvalue weighted by atomic mass is 16.7. The highest BCUT2D eigenvalue weighted by Crippen LogP contribution is 2.48. The minimum absolute atomic E-state index is 0.503. The smallest absolute Gasteiger partial charge is 0.314 e. The maximum atomic E-state index is 11.3. The lowest BCUT2D eigenvalue weighted by Gasteiger charge is -2.48. The van der Waals surface area contributed by atoms with Crippen LogP contribution in [-0.2, 0) is 19.7 Å². The Hall–Kier alpha value is -1.59. The summed E-state index contributed by atoms with van der Waals surface area (Å²) >= 11 is 0. The first-order valence-corrected chi connectivity index (χ1v) is 6.74. The lowest BCUT2D eigenvalue weighted by molar-refractivity contribution is -0.219. The maximum absolute atomic E-state index is 11.3. The van der Waals surface area contributed by atoms with E-state index in [-0.39, 0.29) is 0 Å². The Morgan fingerprint density at radius 1 is 1.15 bits per heavy atom. The molecule has 0 radical (unpaired) electrons. The highest BCUT2D eigenvalue weighted by Gasteiger charge is 2.51. The van der Waals surface area contributed by atoms with Crippen molar-refractivity contribution in [3.8, 4) is 0 Å². The van der Waals surface area contributed by atoms with Gasteiger partial charge in [-0.2, -0.15) is 0 Å². The predicted octanol–water partition coefficient (Wildman–Crippen LogP) is 1.61. The van der Waals surface area contributed by atoms with Gasteiger partial charge in [0.1, 0.15) is 0 Å². The van der Waals surface area contributed by atoms with E-state index in [1.807, 2.05) is 24.3 Å². The third kappa shape index (κ3) is 1.89. The Kier molecular flexibility index (Phi) is 2.99. The van der Waals surface area contributed by atoms with Gasteiger partial charge in [-0.25, -0.2) is 0 Å². The number of carbonyl (C=O) groups is 1. The van der Waals surface area contributed by atoms with Gasteiger partial charge >= 0.3 is 5.97 Å². The third-order valence-electron chi connectivity index (χ3n) is 4.55. The van der Waals surface area contributed by atoms with Crippen molar-refractivity contribution in [2.45, 2.75) is 24.0 Å². The molecule has 0 amide bonds. The van der Waals surface area contributed by atoms with Crippen LogP contribution in [0.3, 0.4) is 0 Å². The van der Waals surface area contributed by atoms with E-state index >= 15 is 0 Å². The van der Waals surface area contributed by atoms with Crippen LogP contribution in [0.1, 0.15) is 18.4 Å². The molecule has 0 atom stereocenters. The summed E-state index contributed by atoms with van der Waals surface area (Å²) in [6.07, 6.45) is 1.48. The molecule has 3 rings (SSSR count). The number of rotatable bonds is 5. The van der Waals surface area contributed by atoms with E-state index in [0.29, 0.717) is 13.1 Å². The van der Waals surface area contributed by atoms with Gasteiger partial charge < -0.3 is 19.5 Å². The van der Waals surface area contributed by atoms with Crippen molar-refractivity contribution in [3.05, 3.63) is 29.8 Å². The zero-order valence-electron chi connectivity index (χ0n) is 11.8. The van der Waals surface area contributed by atoms with E-state index < -0.39 is 17.2 Å². The average Bonchev–Trinajstić information content (AvgIpc) is 3.21. The molecule has 5 nitrogen and oxygen atoms in total. The van der Waals surface area contributed by atoms with Gasteiger partial charge in [0.05, 0.1) is 18.5 Å². The molecule has 0 unspecified atom stereocenters. The molecule has 1 N–H and O–H groups in total. The van der Waals surface area contributed by atoms with E-state index in [9.17, 15) is 9.90 Å². The summed E-state index contributed by atoms with van der Waals surface area (Å²) in [5.41, 5.74) is 1.34. The second kappa shape index (κ2) is 4.46. The van der Waals surface area contributed by atoms with Crippen LogP contribution in [0.2, 0.25) is 0 Å². The van der Waals surface area contributed by atoms with Crippen molar-refractivity contribution in [1.29, 1.82) is 0 Å². The molecule has 1 aromatic rings. The zero-order chi connectivity index (χ0) is 14.4. The van der Waals surface area contributed by atoms with Gasteiger partial charge in [0.2, 0.25) is 5.79 Å². The third-order valence-corrected chi connectivity index (χ3v) is 4.55. The first-order chi connectivity index (χ1) is 9.55. The second-order valence-corrected chi connectivity index (χ2v) is 5.61. The van der Waals surface area contributed by atoms with E-state index in [1.54, 1.807) is 14.2 Å². The van der Waals surface area contributed by atoms with Gasteiger partial charge in [-0.1, -0.05) is 12.1 Å². The van der Waals surface area contributed by atoms with E-state index in [0.717, 1.165) is 24.1 Å². The van der Waals surface area contributed by atoms with Crippen LogP contribution >= 0.6 is 0 Å². The molecule has 20 heavy (non-hydrogen) atoms. The molecule has 2 aliphatic rings. The average molecular weight is 277 g/mol.